The molecule has 1 aromatic heterocycles. The molecule has 0 atom stereocenters. The Labute approximate surface area is 137 Å². The second-order valence-corrected chi connectivity index (χ2v) is 5.20. The van der Waals surface area contributed by atoms with Crippen molar-refractivity contribution >= 4 is 34.8 Å². The third-order valence-electron chi connectivity index (χ3n) is 3.29. The summed E-state index contributed by atoms with van der Waals surface area (Å²) in [6, 6.07) is 5.16. The molecule has 2 N–H and O–H groups in total. The molecule has 7 nitrogen and oxygen atoms in total. The minimum atomic E-state index is -0.259. The molecule has 0 unspecified atom stereocenters. The van der Waals surface area contributed by atoms with E-state index in [-0.39, 0.29) is 28.4 Å². The number of nitrogens with one attached hydrogen (secondary N) is 2. The highest BCUT2D eigenvalue weighted by Gasteiger charge is 2.21. The molecular formula is C15H13ClN4O3. The molecule has 0 radical (unpaired) electrons. The smallest absolute Gasteiger partial charge is 0.257 e. The Kier molecular flexibility index (Phi) is 4.12. The van der Waals surface area contributed by atoms with E-state index in [1.807, 2.05) is 0 Å². The van der Waals surface area contributed by atoms with E-state index in [4.69, 9.17) is 16.3 Å². The van der Waals surface area contributed by atoms with Crippen LogP contribution in [-0.2, 0) is 0 Å². The van der Waals surface area contributed by atoms with Gasteiger partial charge in [-0.1, -0.05) is 6.07 Å². The molecule has 0 bridgehead atoms. The van der Waals surface area contributed by atoms with Gasteiger partial charge >= 0.3 is 0 Å². The van der Waals surface area contributed by atoms with Gasteiger partial charge in [0.1, 0.15) is 23.7 Å². The van der Waals surface area contributed by atoms with Crippen molar-refractivity contribution in [3.05, 3.63) is 40.8 Å². The van der Waals surface area contributed by atoms with Gasteiger partial charge in [-0.3, -0.25) is 9.59 Å². The number of rotatable bonds is 3. The Morgan fingerprint density at radius 2 is 2.26 bits per heavy atom. The van der Waals surface area contributed by atoms with Gasteiger partial charge in [-0.2, -0.15) is 4.98 Å². The van der Waals surface area contributed by atoms with Crippen LogP contribution < -0.4 is 15.4 Å². The number of carbonyl (C=O) groups is 2. The quantitative estimate of drug-likeness (QED) is 0.661. The van der Waals surface area contributed by atoms with Gasteiger partial charge in [0, 0.05) is 6.20 Å². The number of carbonyl (C=O) groups excluding carboxylic acids is 2. The predicted molar refractivity (Wildman–Crippen MR) is 84.6 cm³/mol. The standard InChI is InChI=1S/C15H13ClN4O3/c1-8(21)9-7-18-15(16)20-13(9)19-10-3-2-4-11-12(10)14(22)17-5-6-23-11/h2-4,7H,5-6H2,1H3,(H,17,22)(H,18,19,20). The maximum Gasteiger partial charge on any atom is 0.257 e. The van der Waals surface area contributed by atoms with Gasteiger partial charge in [-0.25, -0.2) is 4.98 Å². The number of nitrogens with zero attached hydrogens (tertiary/aromatic N) is 2. The van der Waals surface area contributed by atoms with Crippen LogP contribution in [-0.4, -0.2) is 34.8 Å². The fourth-order valence-corrected chi connectivity index (χ4v) is 2.38. The lowest BCUT2D eigenvalue weighted by Crippen LogP contribution is -2.25. The molecule has 0 spiro atoms. The Hall–Kier alpha value is -2.67. The maximum atomic E-state index is 12.2. The summed E-state index contributed by atoms with van der Waals surface area (Å²) in [6.45, 7) is 2.21. The molecule has 23 heavy (non-hydrogen) atoms. The Balaban J connectivity index is 2.07. The predicted octanol–water partition coefficient (Wildman–Crippen LogP) is 2.20. The van der Waals surface area contributed by atoms with Gasteiger partial charge in [-0.15, -0.1) is 0 Å². The van der Waals surface area contributed by atoms with Crippen LogP contribution in [0.4, 0.5) is 11.5 Å². The average Bonchev–Trinajstić information content (AvgIpc) is 2.69. The van der Waals surface area contributed by atoms with E-state index in [9.17, 15) is 9.59 Å². The number of benzene rings is 1. The lowest BCUT2D eigenvalue weighted by atomic mass is 10.1. The van der Waals surface area contributed by atoms with Gasteiger partial charge in [0.05, 0.1) is 17.8 Å². The van der Waals surface area contributed by atoms with Crippen molar-refractivity contribution in [2.45, 2.75) is 6.92 Å². The number of ether oxygens (including phenoxy) is 1. The minimum absolute atomic E-state index is 0.000206. The maximum absolute atomic E-state index is 12.2. The van der Waals surface area contributed by atoms with E-state index in [0.717, 1.165) is 0 Å². The highest BCUT2D eigenvalue weighted by Crippen LogP contribution is 2.30. The molecule has 0 saturated heterocycles. The lowest BCUT2D eigenvalue weighted by molar-refractivity contribution is 0.0957. The SMILES string of the molecule is CC(=O)c1cnc(Cl)nc1Nc1cccc2c1C(=O)NCCO2. The first kappa shape index (κ1) is 15.2. The Morgan fingerprint density at radius 1 is 1.43 bits per heavy atom. The molecule has 118 valence electrons. The number of amides is 1. The molecule has 0 fully saturated rings. The largest absolute Gasteiger partial charge is 0.491 e. The highest BCUT2D eigenvalue weighted by molar-refractivity contribution is 6.28. The zero-order valence-corrected chi connectivity index (χ0v) is 13.0. The van der Waals surface area contributed by atoms with Crippen molar-refractivity contribution in [2.75, 3.05) is 18.5 Å². The number of Topliss-reactive ketones (excluding diaryl/α,β-unsaturated/α-hetero) is 1. The summed E-state index contributed by atoms with van der Waals surface area (Å²) in [6.07, 6.45) is 1.35. The summed E-state index contributed by atoms with van der Waals surface area (Å²) < 4.78 is 5.55. The van der Waals surface area contributed by atoms with Crippen LogP contribution in [0.25, 0.3) is 0 Å². The molecule has 0 saturated carbocycles. The number of hydrogen-bond acceptors (Lipinski definition) is 6. The van der Waals surface area contributed by atoms with Crippen LogP contribution >= 0.6 is 11.6 Å². The number of fused-ring (bicyclic) bond motifs is 1. The Bertz CT molecular complexity index is 794. The van der Waals surface area contributed by atoms with E-state index in [0.29, 0.717) is 30.2 Å². The third kappa shape index (κ3) is 3.09. The first-order chi connectivity index (χ1) is 11.1. The molecule has 1 aliphatic heterocycles. The molecule has 3 rings (SSSR count). The molecule has 1 aliphatic rings. The number of ketones is 1. The van der Waals surface area contributed by atoms with Crippen LogP contribution in [0.2, 0.25) is 5.28 Å². The van der Waals surface area contributed by atoms with Crippen LogP contribution in [0.15, 0.2) is 24.4 Å². The van der Waals surface area contributed by atoms with Gasteiger partial charge < -0.3 is 15.4 Å². The van der Waals surface area contributed by atoms with E-state index >= 15 is 0 Å². The molecular weight excluding hydrogens is 320 g/mol. The van der Waals surface area contributed by atoms with Crippen molar-refractivity contribution < 1.29 is 14.3 Å². The molecule has 1 amide bonds. The van der Waals surface area contributed by atoms with Crippen LogP contribution in [0.5, 0.6) is 5.75 Å². The minimum Gasteiger partial charge on any atom is -0.491 e. The van der Waals surface area contributed by atoms with E-state index < -0.39 is 0 Å². The molecule has 0 aliphatic carbocycles. The third-order valence-corrected chi connectivity index (χ3v) is 3.47. The number of anilines is 2. The monoisotopic (exact) mass is 332 g/mol. The van der Waals surface area contributed by atoms with Gasteiger partial charge in [0.25, 0.3) is 5.91 Å². The topological polar surface area (TPSA) is 93.2 Å². The first-order valence-corrected chi connectivity index (χ1v) is 7.28. The van der Waals surface area contributed by atoms with Crippen LogP contribution in [0.3, 0.4) is 0 Å². The lowest BCUT2D eigenvalue weighted by Gasteiger charge is -2.14. The zero-order chi connectivity index (χ0) is 16.4. The van der Waals surface area contributed by atoms with Crippen molar-refractivity contribution in [2.24, 2.45) is 0 Å². The number of halogens is 1. The van der Waals surface area contributed by atoms with Gasteiger partial charge in [0.15, 0.2) is 5.78 Å². The van der Waals surface area contributed by atoms with Crippen molar-refractivity contribution in [3.63, 3.8) is 0 Å². The van der Waals surface area contributed by atoms with E-state index in [1.165, 1.54) is 13.1 Å². The van der Waals surface area contributed by atoms with Gasteiger partial charge in [-0.05, 0) is 30.7 Å². The molecule has 8 heteroatoms. The highest BCUT2D eigenvalue weighted by atomic mass is 35.5. The van der Waals surface area contributed by atoms with E-state index in [2.05, 4.69) is 20.6 Å². The summed E-state index contributed by atoms with van der Waals surface area (Å²) in [4.78, 5) is 31.8. The summed E-state index contributed by atoms with van der Waals surface area (Å²) in [5, 5.41) is 5.73. The Morgan fingerprint density at radius 3 is 3.04 bits per heavy atom. The first-order valence-electron chi connectivity index (χ1n) is 6.91. The van der Waals surface area contributed by atoms with E-state index in [1.54, 1.807) is 18.2 Å². The molecule has 2 heterocycles. The number of aromatic nitrogens is 2. The fraction of sp³-hybridized carbons (Fsp3) is 0.200. The zero-order valence-electron chi connectivity index (χ0n) is 12.2. The summed E-state index contributed by atoms with van der Waals surface area (Å²) in [7, 11) is 0. The summed E-state index contributed by atoms with van der Waals surface area (Å²) in [5.41, 5.74) is 1.11. The van der Waals surface area contributed by atoms with Crippen LogP contribution in [0, 0.1) is 0 Å². The average molecular weight is 333 g/mol. The summed E-state index contributed by atoms with van der Waals surface area (Å²) >= 11 is 5.81. The fourth-order valence-electron chi connectivity index (χ4n) is 2.24. The second-order valence-electron chi connectivity index (χ2n) is 4.87. The van der Waals surface area contributed by atoms with Crippen molar-refractivity contribution in [3.8, 4) is 5.75 Å². The molecule has 1 aromatic carbocycles. The van der Waals surface area contributed by atoms with Crippen molar-refractivity contribution in [1.29, 1.82) is 0 Å². The summed E-state index contributed by atoms with van der Waals surface area (Å²) in [5.74, 6) is 0.231. The molecule has 2 aromatic rings. The number of hydrogen-bond donors (Lipinski definition) is 2. The van der Waals surface area contributed by atoms with Crippen molar-refractivity contribution in [1.82, 2.24) is 15.3 Å². The normalized spacial score (nSPS) is 13.4. The second kappa shape index (κ2) is 6.21. The van der Waals surface area contributed by atoms with Gasteiger partial charge in [0.2, 0.25) is 5.28 Å². The van der Waals surface area contributed by atoms with Crippen LogP contribution in [0.1, 0.15) is 27.6 Å².